The second-order valence-corrected chi connectivity index (χ2v) is 6.46. The van der Waals surface area contributed by atoms with Crippen molar-refractivity contribution < 1.29 is 9.53 Å². The minimum Gasteiger partial charge on any atom is -0.462 e. The molecule has 0 radical (unpaired) electrons. The van der Waals surface area contributed by atoms with Gasteiger partial charge in [0.15, 0.2) is 5.11 Å². The zero-order valence-corrected chi connectivity index (χ0v) is 16.0. The Kier molecular flexibility index (Phi) is 6.79. The minimum absolute atomic E-state index is 0.0532. The maximum atomic E-state index is 11.9. The number of carbonyl (C=O) groups excluding carboxylic acids is 1. The normalized spacial score (nSPS) is 11.5. The Morgan fingerprint density at radius 1 is 1.24 bits per heavy atom. The number of rotatable bonds is 5. The van der Waals surface area contributed by atoms with Crippen molar-refractivity contribution in [1.29, 1.82) is 0 Å². The van der Waals surface area contributed by atoms with Gasteiger partial charge >= 0.3 is 5.97 Å². The van der Waals surface area contributed by atoms with Gasteiger partial charge in [0.2, 0.25) is 0 Å². The topological polar surface area (TPSA) is 50.4 Å². The van der Waals surface area contributed by atoms with E-state index < -0.39 is 5.97 Å². The first-order chi connectivity index (χ1) is 11.9. The smallest absolute Gasteiger partial charge is 0.339 e. The molecule has 6 heteroatoms. The van der Waals surface area contributed by atoms with Crippen LogP contribution in [0.1, 0.15) is 41.4 Å². The SMILES string of the molecule is CCOC(=O)c1cc(NC(=S)NC(C)c2ccc(C)cc2)ccc1Cl. The third-order valence-electron chi connectivity index (χ3n) is 3.64. The summed E-state index contributed by atoms with van der Waals surface area (Å²) in [4.78, 5) is 11.9. The van der Waals surface area contributed by atoms with Crippen LogP contribution in [0.15, 0.2) is 42.5 Å². The number of anilines is 1. The Morgan fingerprint density at radius 2 is 1.92 bits per heavy atom. The van der Waals surface area contributed by atoms with Crippen molar-refractivity contribution in [2.45, 2.75) is 26.8 Å². The molecule has 2 aromatic carbocycles. The van der Waals surface area contributed by atoms with Crippen LogP contribution in [-0.2, 0) is 4.74 Å². The number of benzene rings is 2. The van der Waals surface area contributed by atoms with E-state index in [1.54, 1.807) is 25.1 Å². The third kappa shape index (κ3) is 5.44. The maximum absolute atomic E-state index is 11.9. The molecule has 0 heterocycles. The van der Waals surface area contributed by atoms with Crippen molar-refractivity contribution >= 4 is 40.6 Å². The van der Waals surface area contributed by atoms with Crippen LogP contribution in [0.4, 0.5) is 5.69 Å². The molecule has 0 bridgehead atoms. The van der Waals surface area contributed by atoms with Crippen LogP contribution in [0.25, 0.3) is 0 Å². The fraction of sp³-hybridized carbons (Fsp3) is 0.263. The van der Waals surface area contributed by atoms with Gasteiger partial charge in [0.1, 0.15) is 0 Å². The first-order valence-corrected chi connectivity index (χ1v) is 8.80. The van der Waals surface area contributed by atoms with Crippen LogP contribution in [-0.4, -0.2) is 17.7 Å². The van der Waals surface area contributed by atoms with Gasteiger partial charge in [-0.3, -0.25) is 0 Å². The summed E-state index contributed by atoms with van der Waals surface area (Å²) in [7, 11) is 0. The summed E-state index contributed by atoms with van der Waals surface area (Å²) in [6.07, 6.45) is 0. The van der Waals surface area contributed by atoms with Crippen LogP contribution in [0.2, 0.25) is 5.02 Å². The van der Waals surface area contributed by atoms with Crippen molar-refractivity contribution in [3.05, 3.63) is 64.2 Å². The molecule has 1 atom stereocenters. The van der Waals surface area contributed by atoms with E-state index in [9.17, 15) is 4.79 Å². The molecule has 2 aromatic rings. The average molecular weight is 377 g/mol. The fourth-order valence-corrected chi connectivity index (χ4v) is 2.76. The summed E-state index contributed by atoms with van der Waals surface area (Å²) in [6, 6.07) is 13.3. The number of aryl methyl sites for hydroxylation is 1. The Bertz CT molecular complexity index is 763. The summed E-state index contributed by atoms with van der Waals surface area (Å²) in [6.45, 7) is 6.13. The van der Waals surface area contributed by atoms with Gasteiger partial charge in [0, 0.05) is 5.69 Å². The number of esters is 1. The number of hydrogen-bond acceptors (Lipinski definition) is 3. The minimum atomic E-state index is -0.456. The van der Waals surface area contributed by atoms with Gasteiger partial charge in [-0.25, -0.2) is 4.79 Å². The lowest BCUT2D eigenvalue weighted by molar-refractivity contribution is 0.0526. The molecule has 0 aliphatic heterocycles. The molecule has 0 saturated carbocycles. The number of nitrogens with one attached hydrogen (secondary N) is 2. The highest BCUT2D eigenvalue weighted by atomic mass is 35.5. The van der Waals surface area contributed by atoms with E-state index in [4.69, 9.17) is 28.6 Å². The van der Waals surface area contributed by atoms with E-state index in [1.165, 1.54) is 5.56 Å². The van der Waals surface area contributed by atoms with Crippen molar-refractivity contribution in [2.75, 3.05) is 11.9 Å². The maximum Gasteiger partial charge on any atom is 0.339 e. The van der Waals surface area contributed by atoms with Gasteiger partial charge in [-0.15, -0.1) is 0 Å². The quantitative estimate of drug-likeness (QED) is 0.575. The lowest BCUT2D eigenvalue weighted by Crippen LogP contribution is -2.31. The van der Waals surface area contributed by atoms with Crippen molar-refractivity contribution in [1.82, 2.24) is 5.32 Å². The van der Waals surface area contributed by atoms with Gasteiger partial charge < -0.3 is 15.4 Å². The summed E-state index contributed by atoms with van der Waals surface area (Å²) >= 11 is 11.4. The Hall–Kier alpha value is -2.11. The standard InChI is InChI=1S/C19H21ClN2O2S/c1-4-24-18(23)16-11-15(9-10-17(16)20)22-19(25)21-13(3)14-7-5-12(2)6-8-14/h5-11,13H,4H2,1-3H3,(H2,21,22,25). The van der Waals surface area contributed by atoms with Crippen molar-refractivity contribution in [3.63, 3.8) is 0 Å². The molecular formula is C19H21ClN2O2S. The highest BCUT2D eigenvalue weighted by Crippen LogP contribution is 2.22. The van der Waals surface area contributed by atoms with E-state index >= 15 is 0 Å². The second kappa shape index (κ2) is 8.83. The van der Waals surface area contributed by atoms with E-state index in [-0.39, 0.29) is 6.04 Å². The second-order valence-electron chi connectivity index (χ2n) is 5.65. The van der Waals surface area contributed by atoms with Crippen molar-refractivity contribution in [3.8, 4) is 0 Å². The first kappa shape index (κ1) is 19.2. The van der Waals surface area contributed by atoms with Gasteiger partial charge in [-0.1, -0.05) is 41.4 Å². The molecule has 0 spiro atoms. The number of ether oxygens (including phenoxy) is 1. The van der Waals surface area contributed by atoms with Crippen molar-refractivity contribution in [2.24, 2.45) is 0 Å². The van der Waals surface area contributed by atoms with Gasteiger partial charge in [0.05, 0.1) is 23.2 Å². The predicted octanol–water partition coefficient (Wildman–Crippen LogP) is 4.87. The van der Waals surface area contributed by atoms with E-state index in [0.717, 1.165) is 5.56 Å². The number of carbonyl (C=O) groups is 1. The highest BCUT2D eigenvalue weighted by Gasteiger charge is 2.13. The van der Waals surface area contributed by atoms with Crippen LogP contribution in [0.3, 0.4) is 0 Å². The molecule has 132 valence electrons. The molecular weight excluding hydrogens is 356 g/mol. The van der Waals surface area contributed by atoms with Gasteiger partial charge in [-0.05, 0) is 56.8 Å². The molecule has 2 rings (SSSR count). The van der Waals surface area contributed by atoms with Crippen LogP contribution >= 0.6 is 23.8 Å². The summed E-state index contributed by atoms with van der Waals surface area (Å²) in [5, 5.41) is 7.10. The summed E-state index contributed by atoms with van der Waals surface area (Å²) in [5.41, 5.74) is 3.33. The lowest BCUT2D eigenvalue weighted by Gasteiger charge is -2.18. The molecule has 4 nitrogen and oxygen atoms in total. The number of thiocarbonyl (C=S) groups is 1. The third-order valence-corrected chi connectivity index (χ3v) is 4.19. The lowest BCUT2D eigenvalue weighted by atomic mass is 10.1. The Morgan fingerprint density at radius 3 is 2.56 bits per heavy atom. The molecule has 0 amide bonds. The average Bonchev–Trinajstić information content (AvgIpc) is 2.57. The van der Waals surface area contributed by atoms with E-state index in [1.807, 2.05) is 6.92 Å². The monoisotopic (exact) mass is 376 g/mol. The largest absolute Gasteiger partial charge is 0.462 e. The number of halogens is 1. The molecule has 0 aliphatic rings. The molecule has 1 unspecified atom stereocenters. The van der Waals surface area contributed by atoms with E-state index in [2.05, 4.69) is 41.8 Å². The highest BCUT2D eigenvalue weighted by molar-refractivity contribution is 7.80. The number of hydrogen-bond donors (Lipinski definition) is 2. The Labute approximate surface area is 158 Å². The van der Waals surface area contributed by atoms with Crippen LogP contribution in [0, 0.1) is 6.92 Å². The fourth-order valence-electron chi connectivity index (χ4n) is 2.27. The Balaban J connectivity index is 2.03. The summed E-state index contributed by atoms with van der Waals surface area (Å²) < 4.78 is 5.00. The molecule has 2 N–H and O–H groups in total. The van der Waals surface area contributed by atoms with Gasteiger partial charge in [-0.2, -0.15) is 0 Å². The summed E-state index contributed by atoms with van der Waals surface area (Å²) in [5.74, 6) is -0.456. The molecule has 0 aliphatic carbocycles. The molecule has 0 saturated heterocycles. The van der Waals surface area contributed by atoms with E-state index in [0.29, 0.717) is 28.0 Å². The van der Waals surface area contributed by atoms with Gasteiger partial charge in [0.25, 0.3) is 0 Å². The molecule has 25 heavy (non-hydrogen) atoms. The zero-order valence-electron chi connectivity index (χ0n) is 14.4. The zero-order chi connectivity index (χ0) is 18.4. The van der Waals surface area contributed by atoms with Crippen LogP contribution < -0.4 is 10.6 Å². The predicted molar refractivity (Wildman–Crippen MR) is 106 cm³/mol. The molecule has 0 fully saturated rings. The first-order valence-electron chi connectivity index (χ1n) is 8.01. The molecule has 0 aromatic heterocycles. The van der Waals surface area contributed by atoms with Crippen LogP contribution in [0.5, 0.6) is 0 Å².